The number of urea groups is 2. The summed E-state index contributed by atoms with van der Waals surface area (Å²) in [7, 11) is 0. The van der Waals surface area contributed by atoms with Crippen molar-refractivity contribution in [1.82, 2.24) is 10.6 Å². The summed E-state index contributed by atoms with van der Waals surface area (Å²) in [6.07, 6.45) is 4.43. The first kappa shape index (κ1) is 22.4. The van der Waals surface area contributed by atoms with Gasteiger partial charge in [-0.2, -0.15) is 0 Å². The van der Waals surface area contributed by atoms with Gasteiger partial charge in [-0.05, 0) is 50.3 Å². The van der Waals surface area contributed by atoms with Crippen molar-refractivity contribution in [1.29, 1.82) is 0 Å². The van der Waals surface area contributed by atoms with Gasteiger partial charge >= 0.3 is 12.1 Å². The number of nitrogens with one attached hydrogen (secondary N) is 4. The van der Waals surface area contributed by atoms with E-state index in [9.17, 15) is 19.2 Å². The topological polar surface area (TPSA) is 168 Å². The highest BCUT2D eigenvalue weighted by Gasteiger charge is 2.33. The smallest absolute Gasteiger partial charge is 0.319 e. The van der Waals surface area contributed by atoms with Gasteiger partial charge in [0.1, 0.15) is 0 Å². The minimum atomic E-state index is -0.437. The van der Waals surface area contributed by atoms with E-state index in [1.54, 1.807) is 18.2 Å². The number of hydrogen-bond donors (Lipinski definition) is 6. The first-order chi connectivity index (χ1) is 14.7. The van der Waals surface area contributed by atoms with Crippen molar-refractivity contribution < 1.29 is 19.2 Å². The van der Waals surface area contributed by atoms with Gasteiger partial charge in [0, 0.05) is 23.5 Å². The standard InChI is InChI=1S/C21H30N6O4/c1-11-8-9-12(24-20(30)25-15-6-2-4-13(15)18(22)28)10-17(11)27-21(31)26-16-7-3-5-14(16)19(23)29/h8-10,13-16H,2-7H2,1H3,(H2,22,28)(H2,23,29)(H2,24,25,30)(H2,26,27,31)/t13-,14+,15+,16-/m0/s1. The van der Waals surface area contributed by atoms with Crippen LogP contribution in [0.5, 0.6) is 0 Å². The third-order valence-corrected chi connectivity index (χ3v) is 6.14. The number of rotatable bonds is 6. The summed E-state index contributed by atoms with van der Waals surface area (Å²) in [5.41, 5.74) is 12.6. The van der Waals surface area contributed by atoms with Gasteiger partial charge in [-0.15, -0.1) is 0 Å². The first-order valence-corrected chi connectivity index (χ1v) is 10.6. The van der Waals surface area contributed by atoms with Crippen molar-refractivity contribution >= 4 is 35.3 Å². The average Bonchev–Trinajstić information content (AvgIpc) is 3.33. The highest BCUT2D eigenvalue weighted by Crippen LogP contribution is 2.27. The average molecular weight is 431 g/mol. The van der Waals surface area contributed by atoms with Crippen molar-refractivity contribution in [3.8, 4) is 0 Å². The molecule has 3 rings (SSSR count). The lowest BCUT2D eigenvalue weighted by Crippen LogP contribution is -2.44. The maximum atomic E-state index is 12.4. The Morgan fingerprint density at radius 3 is 1.84 bits per heavy atom. The molecule has 1 aromatic rings. The maximum absolute atomic E-state index is 12.4. The minimum Gasteiger partial charge on any atom is -0.369 e. The molecule has 0 aliphatic heterocycles. The minimum absolute atomic E-state index is 0.282. The van der Waals surface area contributed by atoms with Crippen LogP contribution < -0.4 is 32.7 Å². The van der Waals surface area contributed by atoms with Gasteiger partial charge < -0.3 is 32.7 Å². The van der Waals surface area contributed by atoms with Crippen LogP contribution in [0.3, 0.4) is 0 Å². The van der Waals surface area contributed by atoms with Crippen molar-refractivity contribution in [2.24, 2.45) is 23.3 Å². The molecule has 6 amide bonds. The summed E-state index contributed by atoms with van der Waals surface area (Å²) in [6.45, 7) is 1.83. The van der Waals surface area contributed by atoms with Crippen LogP contribution in [0.2, 0.25) is 0 Å². The maximum Gasteiger partial charge on any atom is 0.319 e. The van der Waals surface area contributed by atoms with Crippen LogP contribution in [0.25, 0.3) is 0 Å². The number of hydrogen-bond acceptors (Lipinski definition) is 4. The number of aryl methyl sites for hydroxylation is 1. The van der Waals surface area contributed by atoms with Gasteiger partial charge in [0.2, 0.25) is 11.8 Å². The van der Waals surface area contributed by atoms with E-state index >= 15 is 0 Å². The quantitative estimate of drug-likeness (QED) is 0.403. The number of primary amides is 2. The van der Waals surface area contributed by atoms with Crippen LogP contribution >= 0.6 is 0 Å². The van der Waals surface area contributed by atoms with Gasteiger partial charge in [-0.1, -0.05) is 18.9 Å². The molecule has 10 nitrogen and oxygen atoms in total. The molecule has 2 aliphatic rings. The zero-order valence-electron chi connectivity index (χ0n) is 17.6. The highest BCUT2D eigenvalue weighted by molar-refractivity contribution is 5.94. The van der Waals surface area contributed by atoms with Gasteiger partial charge in [-0.25, -0.2) is 9.59 Å². The largest absolute Gasteiger partial charge is 0.369 e. The molecule has 2 aliphatic carbocycles. The summed E-state index contributed by atoms with van der Waals surface area (Å²) < 4.78 is 0. The Balaban J connectivity index is 1.58. The van der Waals surface area contributed by atoms with E-state index in [4.69, 9.17) is 11.5 Å². The molecule has 4 atom stereocenters. The number of nitrogens with two attached hydrogens (primary N) is 2. The number of anilines is 2. The number of carbonyl (C=O) groups excluding carboxylic acids is 4. The van der Waals surface area contributed by atoms with E-state index < -0.39 is 23.9 Å². The Morgan fingerprint density at radius 2 is 1.32 bits per heavy atom. The second kappa shape index (κ2) is 9.67. The lowest BCUT2D eigenvalue weighted by molar-refractivity contribution is -0.122. The fourth-order valence-electron chi connectivity index (χ4n) is 4.44. The summed E-state index contributed by atoms with van der Waals surface area (Å²) >= 11 is 0. The fourth-order valence-corrected chi connectivity index (χ4v) is 4.44. The molecule has 0 radical (unpaired) electrons. The van der Waals surface area contributed by atoms with Gasteiger partial charge in [-0.3, -0.25) is 9.59 Å². The van der Waals surface area contributed by atoms with E-state index in [2.05, 4.69) is 21.3 Å². The molecule has 1 aromatic carbocycles. The van der Waals surface area contributed by atoms with E-state index in [1.165, 1.54) is 0 Å². The van der Waals surface area contributed by atoms with E-state index in [1.807, 2.05) is 6.92 Å². The fraction of sp³-hybridized carbons (Fsp3) is 0.524. The molecular formula is C21H30N6O4. The molecule has 10 heteroatoms. The molecule has 0 spiro atoms. The lowest BCUT2D eigenvalue weighted by atomic mass is 10.0. The van der Waals surface area contributed by atoms with Crippen LogP contribution in [0.4, 0.5) is 21.0 Å². The molecule has 31 heavy (non-hydrogen) atoms. The molecule has 0 heterocycles. The zero-order chi connectivity index (χ0) is 22.5. The second-order valence-corrected chi connectivity index (χ2v) is 8.32. The van der Waals surface area contributed by atoms with Gasteiger partial charge in [0.05, 0.1) is 11.8 Å². The predicted molar refractivity (Wildman–Crippen MR) is 116 cm³/mol. The summed E-state index contributed by atoms with van der Waals surface area (Å²) in [4.78, 5) is 47.8. The van der Waals surface area contributed by atoms with Crippen molar-refractivity contribution in [3.63, 3.8) is 0 Å². The number of amides is 6. The van der Waals surface area contributed by atoms with Crippen molar-refractivity contribution in [3.05, 3.63) is 23.8 Å². The first-order valence-electron chi connectivity index (χ1n) is 10.6. The summed E-state index contributed by atoms with van der Waals surface area (Å²) in [6, 6.07) is 3.71. The normalized spacial score (nSPS) is 24.9. The highest BCUT2D eigenvalue weighted by atomic mass is 16.2. The summed E-state index contributed by atoms with van der Waals surface area (Å²) in [5, 5.41) is 11.1. The molecule has 2 saturated carbocycles. The van der Waals surface area contributed by atoms with Crippen LogP contribution in [0.15, 0.2) is 18.2 Å². The van der Waals surface area contributed by atoms with Crippen LogP contribution in [-0.2, 0) is 9.59 Å². The summed E-state index contributed by atoms with van der Waals surface area (Å²) in [5.74, 6) is -1.53. The zero-order valence-corrected chi connectivity index (χ0v) is 17.6. The van der Waals surface area contributed by atoms with Crippen LogP contribution in [-0.4, -0.2) is 36.0 Å². The Kier molecular flexibility index (Phi) is 6.98. The number of carbonyl (C=O) groups is 4. The Labute approximate surface area is 180 Å². The predicted octanol–water partition coefficient (Wildman–Crippen LogP) is 1.55. The molecule has 0 bridgehead atoms. The Morgan fingerprint density at radius 1 is 0.806 bits per heavy atom. The molecule has 0 unspecified atom stereocenters. The third kappa shape index (κ3) is 5.65. The van der Waals surface area contributed by atoms with Crippen LogP contribution in [0.1, 0.15) is 44.1 Å². The Hall–Kier alpha value is -3.30. The lowest BCUT2D eigenvalue weighted by Gasteiger charge is -2.20. The number of benzene rings is 1. The second-order valence-electron chi connectivity index (χ2n) is 8.32. The van der Waals surface area contributed by atoms with Gasteiger partial charge in [0.15, 0.2) is 0 Å². The van der Waals surface area contributed by atoms with E-state index in [0.29, 0.717) is 37.1 Å². The third-order valence-electron chi connectivity index (χ3n) is 6.14. The van der Waals surface area contributed by atoms with Crippen molar-refractivity contribution in [2.45, 2.75) is 57.5 Å². The van der Waals surface area contributed by atoms with Gasteiger partial charge in [0.25, 0.3) is 0 Å². The van der Waals surface area contributed by atoms with Crippen LogP contribution in [0, 0.1) is 18.8 Å². The Bertz CT molecular complexity index is 873. The molecule has 8 N–H and O–H groups in total. The SMILES string of the molecule is Cc1ccc(NC(=O)N[C@@H]2CCC[C@@H]2C(N)=O)cc1NC(=O)N[C@H]1CCC[C@H]1C(N)=O. The van der Waals surface area contributed by atoms with Crippen molar-refractivity contribution in [2.75, 3.05) is 10.6 Å². The molecular weight excluding hydrogens is 400 g/mol. The molecule has 0 saturated heterocycles. The molecule has 168 valence electrons. The molecule has 2 fully saturated rings. The van der Waals surface area contributed by atoms with E-state index in [0.717, 1.165) is 18.4 Å². The monoisotopic (exact) mass is 430 g/mol. The molecule has 0 aromatic heterocycles. The van der Waals surface area contributed by atoms with E-state index in [-0.39, 0.29) is 23.9 Å².